The number of aliphatic hydroxyl groups excluding tert-OH is 1. The van der Waals surface area contributed by atoms with Crippen molar-refractivity contribution >= 4 is 0 Å². The van der Waals surface area contributed by atoms with Crippen LogP contribution in [-0.4, -0.2) is 11.7 Å². The van der Waals surface area contributed by atoms with Gasteiger partial charge in [-0.15, -0.1) is 0 Å². The standard InChI is InChI=1S/C16H17FO2/c17-15-8-6-14(7-9-15)16(18)10-11-19-12-13-4-2-1-3-5-13/h1-9,16,18H,10-12H2/t16-/m1/s1. The van der Waals surface area contributed by atoms with Gasteiger partial charge in [-0.3, -0.25) is 0 Å². The van der Waals surface area contributed by atoms with Crippen molar-refractivity contribution in [3.63, 3.8) is 0 Å². The Balaban J connectivity index is 1.72. The molecule has 0 bridgehead atoms. The van der Waals surface area contributed by atoms with Gasteiger partial charge >= 0.3 is 0 Å². The second-order valence-electron chi connectivity index (χ2n) is 4.39. The predicted octanol–water partition coefficient (Wildman–Crippen LogP) is 3.47. The van der Waals surface area contributed by atoms with E-state index in [9.17, 15) is 9.50 Å². The van der Waals surface area contributed by atoms with Gasteiger partial charge in [0.05, 0.1) is 12.7 Å². The van der Waals surface area contributed by atoms with Crippen LogP contribution in [0, 0.1) is 5.82 Å². The molecular weight excluding hydrogens is 243 g/mol. The van der Waals surface area contributed by atoms with E-state index in [0.29, 0.717) is 25.2 Å². The summed E-state index contributed by atoms with van der Waals surface area (Å²) in [4.78, 5) is 0. The third-order valence-electron chi connectivity index (χ3n) is 2.90. The van der Waals surface area contributed by atoms with Crippen LogP contribution in [0.3, 0.4) is 0 Å². The van der Waals surface area contributed by atoms with Crippen LogP contribution in [0.1, 0.15) is 23.7 Å². The highest BCUT2D eigenvalue weighted by atomic mass is 19.1. The molecule has 19 heavy (non-hydrogen) atoms. The first kappa shape index (κ1) is 13.7. The van der Waals surface area contributed by atoms with E-state index in [-0.39, 0.29) is 5.82 Å². The highest BCUT2D eigenvalue weighted by molar-refractivity contribution is 5.18. The lowest BCUT2D eigenvalue weighted by Gasteiger charge is -2.11. The van der Waals surface area contributed by atoms with Gasteiger partial charge in [0, 0.05) is 13.0 Å². The molecule has 0 unspecified atom stereocenters. The van der Waals surface area contributed by atoms with E-state index in [1.54, 1.807) is 12.1 Å². The number of aliphatic hydroxyl groups is 1. The van der Waals surface area contributed by atoms with Crippen LogP contribution in [-0.2, 0) is 11.3 Å². The molecule has 0 heterocycles. The Morgan fingerprint density at radius 2 is 1.68 bits per heavy atom. The molecule has 0 amide bonds. The van der Waals surface area contributed by atoms with Crippen molar-refractivity contribution in [2.24, 2.45) is 0 Å². The maximum atomic E-state index is 12.7. The molecule has 100 valence electrons. The van der Waals surface area contributed by atoms with Crippen LogP contribution in [0.25, 0.3) is 0 Å². The zero-order chi connectivity index (χ0) is 13.5. The van der Waals surface area contributed by atoms with Gasteiger partial charge < -0.3 is 9.84 Å². The van der Waals surface area contributed by atoms with Gasteiger partial charge in [0.2, 0.25) is 0 Å². The average Bonchev–Trinajstić information content (AvgIpc) is 2.45. The van der Waals surface area contributed by atoms with Gasteiger partial charge in [-0.1, -0.05) is 42.5 Å². The summed E-state index contributed by atoms with van der Waals surface area (Å²) in [5, 5.41) is 9.91. The Morgan fingerprint density at radius 1 is 1.00 bits per heavy atom. The van der Waals surface area contributed by atoms with Crippen LogP contribution in [0.4, 0.5) is 4.39 Å². The van der Waals surface area contributed by atoms with E-state index >= 15 is 0 Å². The molecule has 0 aliphatic carbocycles. The summed E-state index contributed by atoms with van der Waals surface area (Å²) in [6.45, 7) is 1.00. The Morgan fingerprint density at radius 3 is 2.37 bits per heavy atom. The second kappa shape index (κ2) is 7.02. The third kappa shape index (κ3) is 4.47. The van der Waals surface area contributed by atoms with Gasteiger partial charge in [0.1, 0.15) is 5.82 Å². The molecule has 0 fully saturated rings. The first-order valence-corrected chi connectivity index (χ1v) is 6.31. The Labute approximate surface area is 112 Å². The van der Waals surface area contributed by atoms with Gasteiger partial charge in [-0.2, -0.15) is 0 Å². The maximum absolute atomic E-state index is 12.7. The Hall–Kier alpha value is -1.71. The van der Waals surface area contributed by atoms with E-state index in [0.717, 1.165) is 5.56 Å². The fourth-order valence-electron chi connectivity index (χ4n) is 1.81. The lowest BCUT2D eigenvalue weighted by atomic mass is 10.1. The molecule has 0 aliphatic rings. The molecular formula is C16H17FO2. The number of ether oxygens (including phenoxy) is 1. The molecule has 0 aliphatic heterocycles. The monoisotopic (exact) mass is 260 g/mol. The minimum Gasteiger partial charge on any atom is -0.388 e. The number of rotatable bonds is 6. The summed E-state index contributed by atoms with van der Waals surface area (Å²) in [5.41, 5.74) is 1.82. The molecule has 1 N–H and O–H groups in total. The topological polar surface area (TPSA) is 29.5 Å². The molecule has 2 rings (SSSR count). The van der Waals surface area contributed by atoms with Crippen molar-refractivity contribution in [3.8, 4) is 0 Å². The Kier molecular flexibility index (Phi) is 5.07. The molecule has 0 aromatic heterocycles. The molecule has 0 saturated carbocycles. The number of benzene rings is 2. The van der Waals surface area contributed by atoms with E-state index in [2.05, 4.69) is 0 Å². The minimum atomic E-state index is -0.614. The van der Waals surface area contributed by atoms with Gasteiger partial charge in [-0.25, -0.2) is 4.39 Å². The van der Waals surface area contributed by atoms with Crippen LogP contribution >= 0.6 is 0 Å². The van der Waals surface area contributed by atoms with Crippen molar-refractivity contribution in [3.05, 3.63) is 71.5 Å². The average molecular weight is 260 g/mol. The summed E-state index contributed by atoms with van der Waals surface area (Å²) in [6.07, 6.45) is -0.116. The first-order chi connectivity index (χ1) is 9.25. The largest absolute Gasteiger partial charge is 0.388 e. The third-order valence-corrected chi connectivity index (χ3v) is 2.90. The summed E-state index contributed by atoms with van der Waals surface area (Å²) >= 11 is 0. The molecule has 0 saturated heterocycles. The zero-order valence-corrected chi connectivity index (χ0v) is 10.6. The van der Waals surface area contributed by atoms with Crippen molar-refractivity contribution in [2.75, 3.05) is 6.61 Å². The quantitative estimate of drug-likeness (QED) is 0.806. The van der Waals surface area contributed by atoms with E-state index < -0.39 is 6.10 Å². The van der Waals surface area contributed by atoms with Crippen LogP contribution in [0.15, 0.2) is 54.6 Å². The fraction of sp³-hybridized carbons (Fsp3) is 0.250. The van der Waals surface area contributed by atoms with Crippen molar-refractivity contribution in [1.82, 2.24) is 0 Å². The predicted molar refractivity (Wildman–Crippen MR) is 72.1 cm³/mol. The molecule has 1 atom stereocenters. The maximum Gasteiger partial charge on any atom is 0.123 e. The summed E-state index contributed by atoms with van der Waals surface area (Å²) in [6, 6.07) is 15.8. The van der Waals surface area contributed by atoms with Crippen LogP contribution in [0.2, 0.25) is 0 Å². The molecule has 2 aromatic carbocycles. The first-order valence-electron chi connectivity index (χ1n) is 6.31. The van der Waals surface area contributed by atoms with Crippen LogP contribution in [0.5, 0.6) is 0 Å². The molecule has 0 spiro atoms. The van der Waals surface area contributed by atoms with Crippen molar-refractivity contribution in [2.45, 2.75) is 19.1 Å². The SMILES string of the molecule is O[C@H](CCOCc1ccccc1)c1ccc(F)cc1. The van der Waals surface area contributed by atoms with Gasteiger partial charge in [-0.05, 0) is 23.3 Å². The van der Waals surface area contributed by atoms with E-state index in [1.165, 1.54) is 12.1 Å². The van der Waals surface area contributed by atoms with Crippen molar-refractivity contribution in [1.29, 1.82) is 0 Å². The lowest BCUT2D eigenvalue weighted by molar-refractivity contribution is 0.0733. The molecule has 2 aromatic rings. The highest BCUT2D eigenvalue weighted by Crippen LogP contribution is 2.17. The number of halogens is 1. The van der Waals surface area contributed by atoms with E-state index in [4.69, 9.17) is 4.74 Å². The molecule has 0 radical (unpaired) electrons. The summed E-state index contributed by atoms with van der Waals surface area (Å²) in [7, 11) is 0. The summed E-state index contributed by atoms with van der Waals surface area (Å²) in [5.74, 6) is -0.295. The highest BCUT2D eigenvalue weighted by Gasteiger charge is 2.07. The van der Waals surface area contributed by atoms with Gasteiger partial charge in [0.15, 0.2) is 0 Å². The number of hydrogen-bond donors (Lipinski definition) is 1. The molecule has 2 nitrogen and oxygen atoms in total. The fourth-order valence-corrected chi connectivity index (χ4v) is 1.81. The van der Waals surface area contributed by atoms with Crippen LogP contribution < -0.4 is 0 Å². The number of hydrogen-bond acceptors (Lipinski definition) is 2. The smallest absolute Gasteiger partial charge is 0.123 e. The molecule has 3 heteroatoms. The van der Waals surface area contributed by atoms with Crippen molar-refractivity contribution < 1.29 is 14.2 Å². The summed E-state index contributed by atoms with van der Waals surface area (Å²) < 4.78 is 18.2. The zero-order valence-electron chi connectivity index (χ0n) is 10.6. The Bertz CT molecular complexity index is 482. The van der Waals surface area contributed by atoms with Gasteiger partial charge in [0.25, 0.3) is 0 Å². The lowest BCUT2D eigenvalue weighted by Crippen LogP contribution is -2.03. The van der Waals surface area contributed by atoms with E-state index in [1.807, 2.05) is 30.3 Å². The normalized spacial score (nSPS) is 12.3. The second-order valence-corrected chi connectivity index (χ2v) is 4.39. The minimum absolute atomic E-state index is 0.295.